The second-order valence-electron chi connectivity index (χ2n) is 9.45. The molecule has 2 atom stereocenters. The Labute approximate surface area is 209 Å². The van der Waals surface area contributed by atoms with Crippen molar-refractivity contribution < 1.29 is 34.2 Å². The van der Waals surface area contributed by atoms with Gasteiger partial charge in [0.05, 0.1) is 18.4 Å². The fraction of sp³-hybridized carbons (Fsp3) is 0.926. The maximum absolute atomic E-state index is 11.6. The Balaban J connectivity index is 0. The molecule has 2 unspecified atom stereocenters. The molecule has 0 rings (SSSR count). The molecule has 204 valence electrons. The van der Waals surface area contributed by atoms with Crippen molar-refractivity contribution in [1.82, 2.24) is 0 Å². The first-order valence-corrected chi connectivity index (χ1v) is 13.6. The van der Waals surface area contributed by atoms with Crippen LogP contribution in [0.15, 0.2) is 0 Å². The molecule has 0 heterocycles. The number of rotatable bonds is 20. The van der Waals surface area contributed by atoms with Crippen LogP contribution in [0.2, 0.25) is 0 Å². The molecule has 0 aromatic rings. The molecule has 0 fully saturated rings. The Morgan fingerprint density at radius 1 is 0.676 bits per heavy atom. The lowest BCUT2D eigenvalue weighted by Gasteiger charge is -2.20. The highest BCUT2D eigenvalue weighted by Gasteiger charge is 2.22. The molecule has 0 aliphatic rings. The quantitative estimate of drug-likeness (QED) is 0.0969. The van der Waals surface area contributed by atoms with E-state index in [1.165, 1.54) is 12.8 Å². The number of hydrogen-bond acceptors (Lipinski definition) is 7. The highest BCUT2D eigenvalue weighted by molar-refractivity contribution is 5.72. The largest absolute Gasteiger partial charge is 0.348 e. The van der Waals surface area contributed by atoms with Crippen molar-refractivity contribution in [2.24, 2.45) is 11.8 Å². The highest BCUT2D eigenvalue weighted by Crippen LogP contribution is 2.17. The van der Waals surface area contributed by atoms with Crippen LogP contribution in [0.4, 0.5) is 0 Å². The zero-order valence-electron chi connectivity index (χ0n) is 23.4. The zero-order valence-corrected chi connectivity index (χ0v) is 23.4. The molecule has 34 heavy (non-hydrogen) atoms. The predicted octanol–water partition coefficient (Wildman–Crippen LogP) is 8.06. The van der Waals surface area contributed by atoms with Crippen LogP contribution < -0.4 is 0 Å². The molecule has 0 saturated heterocycles. The van der Waals surface area contributed by atoms with Crippen molar-refractivity contribution in [1.29, 1.82) is 0 Å². The summed E-state index contributed by atoms with van der Waals surface area (Å²) in [7, 11) is 0. The number of unbranched alkanes of at least 4 members (excludes halogenated alkanes) is 5. The summed E-state index contributed by atoms with van der Waals surface area (Å²) >= 11 is 0. The van der Waals surface area contributed by atoms with Crippen molar-refractivity contribution in [3.8, 4) is 0 Å². The SMILES string of the molecule is CCCCC(CC)C(=O)OOOC(C)(C)CC.CCCCCCOOC(=O)C(CC)CCCC. The molecule has 0 N–H and O–H groups in total. The van der Waals surface area contributed by atoms with Gasteiger partial charge in [-0.1, -0.05) is 86.5 Å². The topological polar surface area (TPSA) is 80.3 Å². The molecule has 7 heteroatoms. The highest BCUT2D eigenvalue weighted by atomic mass is 17.5. The van der Waals surface area contributed by atoms with Gasteiger partial charge in [-0.05, 0) is 57.4 Å². The average Bonchev–Trinajstić information content (AvgIpc) is 2.82. The molecule has 0 aromatic carbocycles. The molecule has 0 amide bonds. The van der Waals surface area contributed by atoms with Crippen LogP contribution in [-0.2, 0) is 34.2 Å². The van der Waals surface area contributed by atoms with Gasteiger partial charge in [0.25, 0.3) is 0 Å². The third-order valence-electron chi connectivity index (χ3n) is 5.91. The molecule has 0 saturated carbocycles. The van der Waals surface area contributed by atoms with E-state index in [0.717, 1.165) is 70.6 Å². The molecule has 0 radical (unpaired) electrons. The van der Waals surface area contributed by atoms with Gasteiger partial charge < -0.3 is 0 Å². The first-order chi connectivity index (χ1) is 16.2. The van der Waals surface area contributed by atoms with Crippen LogP contribution in [0.1, 0.15) is 139 Å². The van der Waals surface area contributed by atoms with E-state index in [0.29, 0.717) is 6.61 Å². The minimum Gasteiger partial charge on any atom is -0.298 e. The lowest BCUT2D eigenvalue weighted by molar-refractivity contribution is -0.517. The summed E-state index contributed by atoms with van der Waals surface area (Å²) in [6, 6.07) is 0. The Morgan fingerprint density at radius 3 is 1.62 bits per heavy atom. The van der Waals surface area contributed by atoms with Crippen LogP contribution in [0.5, 0.6) is 0 Å². The van der Waals surface area contributed by atoms with Gasteiger partial charge in [-0.15, -0.1) is 0 Å². The summed E-state index contributed by atoms with van der Waals surface area (Å²) < 4.78 is 0. The first kappa shape index (κ1) is 35.0. The van der Waals surface area contributed by atoms with Gasteiger partial charge in [-0.2, -0.15) is 9.78 Å². The number of carbonyl (C=O) groups is 2. The summed E-state index contributed by atoms with van der Waals surface area (Å²) in [5, 5.41) is 4.56. The fourth-order valence-electron chi connectivity index (χ4n) is 2.90. The van der Waals surface area contributed by atoms with E-state index in [-0.39, 0.29) is 23.8 Å². The second-order valence-corrected chi connectivity index (χ2v) is 9.45. The number of hydrogen-bond donors (Lipinski definition) is 0. The summed E-state index contributed by atoms with van der Waals surface area (Å²) in [6.45, 7) is 16.6. The van der Waals surface area contributed by atoms with Gasteiger partial charge in [0.15, 0.2) is 0 Å². The Kier molecular flexibility index (Phi) is 24.2. The van der Waals surface area contributed by atoms with Crippen molar-refractivity contribution in [3.63, 3.8) is 0 Å². The van der Waals surface area contributed by atoms with E-state index in [1.807, 2.05) is 34.6 Å². The van der Waals surface area contributed by atoms with Crippen LogP contribution in [-0.4, -0.2) is 24.1 Å². The predicted molar refractivity (Wildman–Crippen MR) is 135 cm³/mol. The molecule has 0 aliphatic heterocycles. The van der Waals surface area contributed by atoms with Crippen molar-refractivity contribution in [2.45, 2.75) is 144 Å². The monoisotopic (exact) mass is 490 g/mol. The van der Waals surface area contributed by atoms with Gasteiger partial charge in [0, 0.05) is 0 Å². The lowest BCUT2D eigenvalue weighted by Crippen LogP contribution is -2.25. The first-order valence-electron chi connectivity index (χ1n) is 13.6. The van der Waals surface area contributed by atoms with E-state index in [4.69, 9.17) is 14.7 Å². The third kappa shape index (κ3) is 20.2. The van der Waals surface area contributed by atoms with Gasteiger partial charge in [-0.25, -0.2) is 9.59 Å². The minimum atomic E-state index is -0.439. The lowest BCUT2D eigenvalue weighted by atomic mass is 10.00. The molecule has 0 aliphatic carbocycles. The van der Waals surface area contributed by atoms with E-state index in [9.17, 15) is 9.59 Å². The summed E-state index contributed by atoms with van der Waals surface area (Å²) in [6.07, 6.45) is 12.9. The van der Waals surface area contributed by atoms with Crippen LogP contribution >= 0.6 is 0 Å². The standard InChI is InChI=1S/C14H28O3.C13H26O4/c1-4-7-9-10-12-16-17-14(15)13(6-3)11-8-5-2;1-6-9-10-11(7-2)12(14)15-17-16-13(4,5)8-3/h13H,4-12H2,1-3H3;11H,6-10H2,1-5H3. The summed E-state index contributed by atoms with van der Waals surface area (Å²) in [5.74, 6) is -0.627. The molecule has 0 spiro atoms. The smallest absolute Gasteiger partial charge is 0.298 e. The van der Waals surface area contributed by atoms with Gasteiger partial charge in [0.2, 0.25) is 0 Å². The van der Waals surface area contributed by atoms with Crippen molar-refractivity contribution in [2.75, 3.05) is 6.61 Å². The van der Waals surface area contributed by atoms with Gasteiger partial charge >= 0.3 is 11.9 Å². The minimum absolute atomic E-state index is 0.00518. The van der Waals surface area contributed by atoms with E-state index >= 15 is 0 Å². The van der Waals surface area contributed by atoms with Crippen LogP contribution in [0, 0.1) is 11.8 Å². The van der Waals surface area contributed by atoms with Crippen LogP contribution in [0.25, 0.3) is 0 Å². The normalized spacial score (nSPS) is 12.9. The molecular weight excluding hydrogens is 436 g/mol. The Bertz CT molecular complexity index is 480. The van der Waals surface area contributed by atoms with Gasteiger partial charge in [-0.3, -0.25) is 9.78 Å². The summed E-state index contributed by atoms with van der Waals surface area (Å²) in [4.78, 5) is 42.7. The van der Waals surface area contributed by atoms with E-state index in [1.54, 1.807) is 0 Å². The third-order valence-corrected chi connectivity index (χ3v) is 5.91. The average molecular weight is 491 g/mol. The maximum Gasteiger partial charge on any atom is 0.348 e. The Hall–Kier alpha value is -1.18. The van der Waals surface area contributed by atoms with E-state index < -0.39 is 5.60 Å². The number of carbonyl (C=O) groups excluding carboxylic acids is 2. The second kappa shape index (κ2) is 23.6. The van der Waals surface area contributed by atoms with Crippen LogP contribution in [0.3, 0.4) is 0 Å². The van der Waals surface area contributed by atoms with Crippen molar-refractivity contribution in [3.05, 3.63) is 0 Å². The molecule has 7 nitrogen and oxygen atoms in total. The zero-order chi connectivity index (χ0) is 26.2. The summed E-state index contributed by atoms with van der Waals surface area (Å²) in [5.41, 5.74) is -0.439. The maximum atomic E-state index is 11.6. The fourth-order valence-corrected chi connectivity index (χ4v) is 2.90. The molecule has 0 bridgehead atoms. The van der Waals surface area contributed by atoms with Gasteiger partial charge in [0.1, 0.15) is 5.60 Å². The Morgan fingerprint density at radius 2 is 1.18 bits per heavy atom. The molecular formula is C27H54O7. The molecule has 0 aromatic heterocycles. The van der Waals surface area contributed by atoms with E-state index in [2.05, 4.69) is 30.7 Å². The van der Waals surface area contributed by atoms with Crippen molar-refractivity contribution >= 4 is 11.9 Å².